The number of halogens is 6. The van der Waals surface area contributed by atoms with Crippen molar-refractivity contribution in [3.05, 3.63) is 24.4 Å². The summed E-state index contributed by atoms with van der Waals surface area (Å²) in [6.07, 6.45) is -4.73. The molecule has 1 aromatic heterocycles. The highest BCUT2D eigenvalue weighted by molar-refractivity contribution is 5.76. The van der Waals surface area contributed by atoms with Crippen LogP contribution in [0.25, 0.3) is 0 Å². The van der Waals surface area contributed by atoms with Gasteiger partial charge in [0, 0.05) is 43.8 Å². The molecule has 9 nitrogen and oxygen atoms in total. The van der Waals surface area contributed by atoms with Crippen molar-refractivity contribution in [2.24, 2.45) is 5.41 Å². The Morgan fingerprint density at radius 3 is 2.19 bits per heavy atom. The summed E-state index contributed by atoms with van der Waals surface area (Å²) >= 11 is 0. The Labute approximate surface area is 202 Å². The van der Waals surface area contributed by atoms with Gasteiger partial charge >= 0.3 is 24.3 Å². The quantitative estimate of drug-likeness (QED) is 0.564. The monoisotopic (exact) mass is 532 g/mol. The molecule has 2 unspecified atom stereocenters. The molecule has 2 saturated heterocycles. The van der Waals surface area contributed by atoms with E-state index in [1.807, 2.05) is 30.0 Å². The number of fused-ring (bicyclic) bond motifs is 1. The number of ether oxygens (including phenoxy) is 2. The molecule has 3 rings (SSSR count). The number of nitrogens with zero attached hydrogens (tertiary/aromatic N) is 2. The first kappa shape index (κ1) is 30.9. The molecule has 3 heterocycles. The highest BCUT2D eigenvalue weighted by Crippen LogP contribution is 2.40. The Balaban J connectivity index is 0.000000383. The third kappa shape index (κ3) is 9.87. The number of carbonyl (C=O) groups is 3. The minimum atomic E-state index is -5.08. The van der Waals surface area contributed by atoms with Gasteiger partial charge in [0.1, 0.15) is 0 Å². The normalized spacial score (nSPS) is 21.5. The summed E-state index contributed by atoms with van der Waals surface area (Å²) in [4.78, 5) is 36.1. The number of rotatable bonds is 4. The van der Waals surface area contributed by atoms with Gasteiger partial charge in [-0.3, -0.25) is 4.79 Å². The Morgan fingerprint density at radius 2 is 1.72 bits per heavy atom. The number of carboxylic acid groups (broad SMARTS) is 2. The number of alkyl halides is 6. The molecule has 0 aromatic carbocycles. The molecule has 2 aliphatic rings. The SMILES string of the molecule is CCC(=O)N1CCC2OCCCC2(COc2ccccn2)C1.O=C(O)C(F)(F)F.O=C(O)C(F)(F)F. The van der Waals surface area contributed by atoms with Crippen molar-refractivity contribution < 1.29 is 60.4 Å². The second kappa shape index (κ2) is 13.3. The molecule has 0 saturated carbocycles. The molecule has 0 spiro atoms. The van der Waals surface area contributed by atoms with Gasteiger partial charge in [0.25, 0.3) is 0 Å². The van der Waals surface area contributed by atoms with E-state index < -0.39 is 24.3 Å². The Morgan fingerprint density at radius 1 is 1.14 bits per heavy atom. The van der Waals surface area contributed by atoms with Gasteiger partial charge in [-0.05, 0) is 25.3 Å². The highest BCUT2D eigenvalue weighted by atomic mass is 19.4. The minimum absolute atomic E-state index is 0.0984. The van der Waals surface area contributed by atoms with Crippen LogP contribution < -0.4 is 4.74 Å². The predicted octanol–water partition coefficient (Wildman–Crippen LogP) is 3.53. The van der Waals surface area contributed by atoms with Gasteiger partial charge < -0.3 is 24.6 Å². The van der Waals surface area contributed by atoms with E-state index in [0.717, 1.165) is 39.0 Å². The smallest absolute Gasteiger partial charge is 0.477 e. The molecular formula is C21H26F6N2O7. The zero-order valence-corrected chi connectivity index (χ0v) is 19.1. The van der Waals surface area contributed by atoms with Crippen molar-refractivity contribution in [1.29, 1.82) is 0 Å². The number of likely N-dealkylation sites (tertiary alicyclic amines) is 1. The molecular weight excluding hydrogens is 506 g/mol. The van der Waals surface area contributed by atoms with Crippen molar-refractivity contribution in [3.63, 3.8) is 0 Å². The topological polar surface area (TPSA) is 126 Å². The average molecular weight is 532 g/mol. The van der Waals surface area contributed by atoms with E-state index in [2.05, 4.69) is 4.98 Å². The molecule has 0 radical (unpaired) electrons. The van der Waals surface area contributed by atoms with E-state index in [1.54, 1.807) is 6.20 Å². The molecule has 36 heavy (non-hydrogen) atoms. The fourth-order valence-corrected chi connectivity index (χ4v) is 3.59. The third-order valence-corrected chi connectivity index (χ3v) is 5.27. The van der Waals surface area contributed by atoms with Crippen molar-refractivity contribution in [1.82, 2.24) is 9.88 Å². The number of hydrogen-bond acceptors (Lipinski definition) is 6. The van der Waals surface area contributed by atoms with Crippen LogP contribution in [0.2, 0.25) is 0 Å². The van der Waals surface area contributed by atoms with Gasteiger partial charge in [-0.15, -0.1) is 0 Å². The number of aliphatic carboxylic acids is 2. The lowest BCUT2D eigenvalue weighted by molar-refractivity contribution is -0.193. The molecule has 1 aromatic rings. The maximum atomic E-state index is 12.1. The molecule has 1 amide bonds. The van der Waals surface area contributed by atoms with Crippen molar-refractivity contribution in [2.75, 3.05) is 26.3 Å². The Bertz CT molecular complexity index is 843. The van der Waals surface area contributed by atoms with Gasteiger partial charge in [0.2, 0.25) is 11.8 Å². The van der Waals surface area contributed by atoms with E-state index in [4.69, 9.17) is 29.3 Å². The van der Waals surface area contributed by atoms with Gasteiger partial charge in [0.05, 0.1) is 12.7 Å². The average Bonchev–Trinajstić information content (AvgIpc) is 2.82. The van der Waals surface area contributed by atoms with E-state index in [9.17, 15) is 31.1 Å². The molecule has 2 atom stereocenters. The first-order valence-electron chi connectivity index (χ1n) is 10.7. The second-order valence-corrected chi connectivity index (χ2v) is 7.85. The number of carbonyl (C=O) groups excluding carboxylic acids is 1. The van der Waals surface area contributed by atoms with Crippen LogP contribution in [-0.2, 0) is 19.1 Å². The highest BCUT2D eigenvalue weighted by Gasteiger charge is 2.47. The van der Waals surface area contributed by atoms with Crippen LogP contribution >= 0.6 is 0 Å². The molecule has 2 fully saturated rings. The van der Waals surface area contributed by atoms with Crippen LogP contribution in [-0.4, -0.2) is 82.7 Å². The van der Waals surface area contributed by atoms with Crippen LogP contribution in [0.15, 0.2) is 24.4 Å². The van der Waals surface area contributed by atoms with Crippen LogP contribution in [0.3, 0.4) is 0 Å². The van der Waals surface area contributed by atoms with Gasteiger partial charge in [-0.2, -0.15) is 26.3 Å². The van der Waals surface area contributed by atoms with Gasteiger partial charge in [-0.25, -0.2) is 14.6 Å². The summed E-state index contributed by atoms with van der Waals surface area (Å²) in [6.45, 7) is 4.82. The summed E-state index contributed by atoms with van der Waals surface area (Å²) < 4.78 is 75.4. The van der Waals surface area contributed by atoms with E-state index in [1.165, 1.54) is 0 Å². The summed E-state index contributed by atoms with van der Waals surface area (Å²) in [6, 6.07) is 5.66. The number of pyridine rings is 1. The van der Waals surface area contributed by atoms with Crippen molar-refractivity contribution >= 4 is 17.8 Å². The Hall–Kier alpha value is -3.10. The first-order valence-corrected chi connectivity index (χ1v) is 10.7. The molecule has 2 N–H and O–H groups in total. The van der Waals surface area contributed by atoms with Crippen molar-refractivity contribution in [3.8, 4) is 5.88 Å². The standard InChI is InChI=1S/C17H24N2O3.2C2HF3O2/c1-2-16(20)19-10-7-14-17(12-19,8-5-11-21-14)13-22-15-6-3-4-9-18-15;2*3-2(4,5)1(6)7/h3-4,6,9,14H,2,5,7-8,10-13H2,1H3;2*(H,6,7). The fourth-order valence-electron chi connectivity index (χ4n) is 3.59. The zero-order valence-electron chi connectivity index (χ0n) is 19.1. The number of hydrogen-bond donors (Lipinski definition) is 2. The van der Waals surface area contributed by atoms with Crippen LogP contribution in [0.1, 0.15) is 32.6 Å². The van der Waals surface area contributed by atoms with Gasteiger partial charge in [0.15, 0.2) is 0 Å². The summed E-state index contributed by atoms with van der Waals surface area (Å²) in [5.74, 6) is -4.65. The van der Waals surface area contributed by atoms with Crippen LogP contribution in [0.5, 0.6) is 5.88 Å². The first-order chi connectivity index (χ1) is 16.6. The Kier molecular flexibility index (Phi) is 11.4. The molecule has 15 heteroatoms. The van der Waals surface area contributed by atoms with E-state index in [0.29, 0.717) is 18.9 Å². The molecule has 2 aliphatic heterocycles. The third-order valence-electron chi connectivity index (χ3n) is 5.27. The summed E-state index contributed by atoms with van der Waals surface area (Å²) in [7, 11) is 0. The maximum Gasteiger partial charge on any atom is 0.490 e. The number of piperidine rings is 1. The number of amides is 1. The summed E-state index contributed by atoms with van der Waals surface area (Å²) in [5, 5.41) is 14.2. The zero-order chi connectivity index (χ0) is 27.6. The summed E-state index contributed by atoms with van der Waals surface area (Å²) in [5.41, 5.74) is -0.0984. The van der Waals surface area contributed by atoms with Crippen LogP contribution in [0.4, 0.5) is 26.3 Å². The molecule has 204 valence electrons. The van der Waals surface area contributed by atoms with Crippen molar-refractivity contribution in [2.45, 2.75) is 51.1 Å². The lowest BCUT2D eigenvalue weighted by Gasteiger charge is -2.50. The van der Waals surface area contributed by atoms with E-state index in [-0.39, 0.29) is 17.4 Å². The number of carboxylic acids is 2. The lowest BCUT2D eigenvalue weighted by atomic mass is 9.73. The second-order valence-electron chi connectivity index (χ2n) is 7.85. The maximum absolute atomic E-state index is 12.1. The lowest BCUT2D eigenvalue weighted by Crippen LogP contribution is -2.58. The minimum Gasteiger partial charge on any atom is -0.477 e. The van der Waals surface area contributed by atoms with E-state index >= 15 is 0 Å². The molecule has 0 aliphatic carbocycles. The molecule has 0 bridgehead atoms. The predicted molar refractivity (Wildman–Crippen MR) is 110 cm³/mol. The fraction of sp³-hybridized carbons (Fsp3) is 0.619. The number of aromatic nitrogens is 1. The largest absolute Gasteiger partial charge is 0.490 e. The van der Waals surface area contributed by atoms with Gasteiger partial charge in [-0.1, -0.05) is 13.0 Å². The van der Waals surface area contributed by atoms with Crippen LogP contribution in [0, 0.1) is 5.41 Å².